The smallest absolute Gasteiger partial charge is 0.304 e. The minimum absolute atomic E-state index is 0.161. The maximum absolute atomic E-state index is 5.91. The highest BCUT2D eigenvalue weighted by atomic mass is 16.5. The number of hydrogen-bond donors (Lipinski definition) is 0. The second kappa shape index (κ2) is 7.78. The molecule has 9 rings (SSSR count). The summed E-state index contributed by atoms with van der Waals surface area (Å²) in [6.45, 7) is 1.23. The standard InChI is InChI=1S/C27H26N3O/c1-2-4-23(5-3-1)26-17-31-18-27-28-30(19-29(26)27)25-16-22-11-10-20-6-8-21(9-7-20)12-14-24(25)15-13-22/h1-9,13,15-16,19,26H,10-12,14,17-18H2/q+1. The van der Waals surface area contributed by atoms with Crippen LogP contribution in [0.1, 0.15) is 39.7 Å². The van der Waals surface area contributed by atoms with Crippen LogP contribution in [-0.4, -0.2) is 16.4 Å². The van der Waals surface area contributed by atoms with E-state index in [0.29, 0.717) is 13.2 Å². The van der Waals surface area contributed by atoms with Crippen molar-refractivity contribution in [2.24, 2.45) is 0 Å². The summed E-state index contributed by atoms with van der Waals surface area (Å²) in [5, 5.41) is 4.96. The summed E-state index contributed by atoms with van der Waals surface area (Å²) in [4.78, 5) is 0. The SMILES string of the molecule is c1ccc(C2COCc3nn(-c4cc5ccc4CCc4ccc(cc4)CC5)c[n+]32)cc1. The van der Waals surface area contributed by atoms with Gasteiger partial charge in [0.2, 0.25) is 6.33 Å². The van der Waals surface area contributed by atoms with E-state index in [2.05, 4.69) is 88.4 Å². The minimum atomic E-state index is 0.161. The lowest BCUT2D eigenvalue weighted by Gasteiger charge is -2.20. The number of aryl methyl sites for hydroxylation is 4. The van der Waals surface area contributed by atoms with E-state index in [1.165, 1.54) is 33.5 Å². The molecule has 0 spiro atoms. The zero-order valence-corrected chi connectivity index (χ0v) is 17.6. The summed E-state index contributed by atoms with van der Waals surface area (Å²) in [5.74, 6) is 0.979. The molecule has 4 aliphatic carbocycles. The average Bonchev–Trinajstić information content (AvgIpc) is 3.26. The number of benzene rings is 3. The predicted molar refractivity (Wildman–Crippen MR) is 119 cm³/mol. The molecule has 154 valence electrons. The molecule has 1 aliphatic heterocycles. The highest BCUT2D eigenvalue weighted by Gasteiger charge is 2.31. The van der Waals surface area contributed by atoms with Crippen LogP contribution in [0, 0.1) is 0 Å². The van der Waals surface area contributed by atoms with Gasteiger partial charge < -0.3 is 4.74 Å². The molecule has 4 heteroatoms. The highest BCUT2D eigenvalue weighted by Crippen LogP contribution is 2.23. The molecule has 1 atom stereocenters. The molecular weight excluding hydrogens is 382 g/mol. The molecule has 31 heavy (non-hydrogen) atoms. The van der Waals surface area contributed by atoms with Gasteiger partial charge in [0, 0.05) is 5.10 Å². The Morgan fingerprint density at radius 1 is 0.806 bits per heavy atom. The van der Waals surface area contributed by atoms with Gasteiger partial charge >= 0.3 is 5.82 Å². The maximum atomic E-state index is 5.91. The fraction of sp³-hybridized carbons (Fsp3) is 0.259. The molecule has 2 heterocycles. The lowest BCUT2D eigenvalue weighted by molar-refractivity contribution is -0.734. The zero-order chi connectivity index (χ0) is 20.6. The van der Waals surface area contributed by atoms with Crippen molar-refractivity contribution >= 4 is 0 Å². The van der Waals surface area contributed by atoms with Gasteiger partial charge in [0.05, 0.1) is 6.61 Å². The van der Waals surface area contributed by atoms with E-state index in [1.807, 2.05) is 0 Å². The van der Waals surface area contributed by atoms with Crippen LogP contribution in [0.5, 0.6) is 0 Å². The van der Waals surface area contributed by atoms with Crippen LogP contribution in [-0.2, 0) is 37.0 Å². The van der Waals surface area contributed by atoms with Crippen molar-refractivity contribution in [2.75, 3.05) is 6.61 Å². The molecule has 3 aromatic carbocycles. The number of fused-ring (bicyclic) bond motifs is 1. The van der Waals surface area contributed by atoms with E-state index in [0.717, 1.165) is 31.5 Å². The van der Waals surface area contributed by atoms with Crippen LogP contribution >= 0.6 is 0 Å². The first kappa shape index (κ1) is 18.5. The maximum Gasteiger partial charge on any atom is 0.304 e. The van der Waals surface area contributed by atoms with E-state index in [4.69, 9.17) is 9.84 Å². The molecule has 1 unspecified atom stereocenters. The second-order valence-corrected chi connectivity index (χ2v) is 8.60. The monoisotopic (exact) mass is 408 g/mol. The van der Waals surface area contributed by atoms with E-state index in [-0.39, 0.29) is 6.04 Å². The lowest BCUT2D eigenvalue weighted by atomic mass is 9.95. The normalized spacial score (nSPS) is 17.7. The summed E-state index contributed by atoms with van der Waals surface area (Å²) in [6.07, 6.45) is 6.31. The van der Waals surface area contributed by atoms with Crippen molar-refractivity contribution in [3.63, 3.8) is 0 Å². The largest absolute Gasteiger partial charge is 0.366 e. The van der Waals surface area contributed by atoms with Crippen molar-refractivity contribution in [3.8, 4) is 5.69 Å². The number of nitrogens with zero attached hydrogens (tertiary/aromatic N) is 3. The van der Waals surface area contributed by atoms with Crippen LogP contribution in [0.25, 0.3) is 5.69 Å². The lowest BCUT2D eigenvalue weighted by Crippen LogP contribution is -2.48. The van der Waals surface area contributed by atoms with E-state index in [9.17, 15) is 0 Å². The van der Waals surface area contributed by atoms with Crippen molar-refractivity contribution < 1.29 is 9.30 Å². The van der Waals surface area contributed by atoms with E-state index < -0.39 is 0 Å². The third kappa shape index (κ3) is 3.57. The number of ether oxygens (including phenoxy) is 1. The Labute approximate surface area is 182 Å². The predicted octanol–water partition coefficient (Wildman–Crippen LogP) is 4.16. The average molecular weight is 409 g/mol. The van der Waals surface area contributed by atoms with Gasteiger partial charge in [-0.1, -0.05) is 71.4 Å². The second-order valence-electron chi connectivity index (χ2n) is 8.60. The summed E-state index contributed by atoms with van der Waals surface area (Å²) in [5.41, 5.74) is 7.95. The quantitative estimate of drug-likeness (QED) is 0.466. The van der Waals surface area contributed by atoms with Gasteiger partial charge in [-0.25, -0.2) is 4.57 Å². The molecule has 4 nitrogen and oxygen atoms in total. The Kier molecular flexibility index (Phi) is 4.65. The Morgan fingerprint density at radius 2 is 1.52 bits per heavy atom. The van der Waals surface area contributed by atoms with E-state index >= 15 is 0 Å². The molecule has 0 amide bonds. The van der Waals surface area contributed by atoms with Gasteiger partial charge in [-0.3, -0.25) is 0 Å². The molecule has 5 aliphatic rings. The van der Waals surface area contributed by atoms with Gasteiger partial charge in [-0.2, -0.15) is 0 Å². The Hall–Kier alpha value is -3.24. The number of aromatic nitrogens is 3. The highest BCUT2D eigenvalue weighted by molar-refractivity contribution is 5.44. The third-order valence-electron chi connectivity index (χ3n) is 6.59. The summed E-state index contributed by atoms with van der Waals surface area (Å²) in [6, 6.07) is 26.8. The number of rotatable bonds is 2. The van der Waals surface area contributed by atoms with Gasteiger partial charge in [0.1, 0.15) is 18.3 Å². The molecule has 4 bridgehead atoms. The summed E-state index contributed by atoms with van der Waals surface area (Å²) in [7, 11) is 0. The summed E-state index contributed by atoms with van der Waals surface area (Å²) >= 11 is 0. The molecule has 0 fully saturated rings. The van der Waals surface area contributed by atoms with Gasteiger partial charge in [0.15, 0.2) is 0 Å². The molecule has 4 aromatic rings. The van der Waals surface area contributed by atoms with Crippen molar-refractivity contribution in [2.45, 2.75) is 38.3 Å². The summed E-state index contributed by atoms with van der Waals surface area (Å²) < 4.78 is 10.3. The fourth-order valence-corrected chi connectivity index (χ4v) is 4.77. The van der Waals surface area contributed by atoms with Gasteiger partial charge in [-0.15, -0.1) is 0 Å². The Balaban J connectivity index is 1.41. The Morgan fingerprint density at radius 3 is 2.32 bits per heavy atom. The van der Waals surface area contributed by atoms with Crippen molar-refractivity contribution in [1.29, 1.82) is 0 Å². The molecular formula is C27H26N3O+. The zero-order valence-electron chi connectivity index (χ0n) is 17.6. The molecule has 0 N–H and O–H groups in total. The molecule has 0 saturated carbocycles. The van der Waals surface area contributed by atoms with Crippen molar-refractivity contribution in [3.05, 3.63) is 113 Å². The third-order valence-corrected chi connectivity index (χ3v) is 6.59. The van der Waals surface area contributed by atoms with Crippen LogP contribution in [0.4, 0.5) is 0 Å². The van der Waals surface area contributed by atoms with Crippen molar-refractivity contribution in [1.82, 2.24) is 9.78 Å². The molecule has 1 aromatic heterocycles. The fourth-order valence-electron chi connectivity index (χ4n) is 4.77. The van der Waals surface area contributed by atoms with Crippen LogP contribution in [0.15, 0.2) is 79.1 Å². The number of hydrogen-bond acceptors (Lipinski definition) is 2. The first-order valence-corrected chi connectivity index (χ1v) is 11.2. The van der Waals surface area contributed by atoms with Crippen LogP contribution < -0.4 is 4.57 Å². The first-order chi connectivity index (χ1) is 15.3. The van der Waals surface area contributed by atoms with Gasteiger partial charge in [0.25, 0.3) is 0 Å². The van der Waals surface area contributed by atoms with Crippen LogP contribution in [0.2, 0.25) is 0 Å². The molecule has 0 saturated heterocycles. The van der Waals surface area contributed by atoms with Crippen LogP contribution in [0.3, 0.4) is 0 Å². The van der Waals surface area contributed by atoms with Gasteiger partial charge in [-0.05, 0) is 59.6 Å². The first-order valence-electron chi connectivity index (χ1n) is 11.2. The molecule has 0 radical (unpaired) electrons. The van der Waals surface area contributed by atoms with E-state index in [1.54, 1.807) is 0 Å². The Bertz CT molecular complexity index is 1210. The topological polar surface area (TPSA) is 30.9 Å². The minimum Gasteiger partial charge on any atom is -0.366 e.